The number of aryl methyl sites for hydroxylation is 1. The highest BCUT2D eigenvalue weighted by Crippen LogP contribution is 2.18. The van der Waals surface area contributed by atoms with Crippen LogP contribution in [0.5, 0.6) is 5.75 Å². The van der Waals surface area contributed by atoms with Gasteiger partial charge in [0, 0.05) is 54.0 Å². The Labute approximate surface area is 233 Å². The fourth-order valence-electron chi connectivity index (χ4n) is 4.31. The van der Waals surface area contributed by atoms with Crippen molar-refractivity contribution < 1.29 is 14.1 Å². The molecule has 0 unspecified atom stereocenters. The number of ether oxygens (including phenoxy) is 1. The molecule has 0 saturated heterocycles. The highest BCUT2D eigenvalue weighted by Gasteiger charge is 2.13. The number of carbonyl (C=O) groups excluding carboxylic acids is 1. The second kappa shape index (κ2) is 14.5. The minimum atomic E-state index is 0.0848. The molecule has 0 aliphatic heterocycles. The average molecular weight is 574 g/mol. The maximum absolute atomic E-state index is 11.8. The molecule has 0 radical (unpaired) electrons. The summed E-state index contributed by atoms with van der Waals surface area (Å²) in [6, 6.07) is 29.2. The Morgan fingerprint density at radius 1 is 0.895 bits per heavy atom. The summed E-state index contributed by atoms with van der Waals surface area (Å²) >= 11 is 3.46. The molecule has 1 amide bonds. The van der Waals surface area contributed by atoms with E-state index in [4.69, 9.17) is 10.5 Å². The van der Waals surface area contributed by atoms with E-state index >= 15 is 0 Å². The second-order valence-electron chi connectivity index (χ2n) is 9.24. The molecule has 4 aromatic rings. The van der Waals surface area contributed by atoms with Gasteiger partial charge in [-0.15, -0.1) is 0 Å². The lowest BCUT2D eigenvalue weighted by Gasteiger charge is -2.07. The first kappa shape index (κ1) is 27.6. The normalized spacial score (nSPS) is 11.2. The molecule has 38 heavy (non-hydrogen) atoms. The van der Waals surface area contributed by atoms with Crippen LogP contribution in [0.15, 0.2) is 89.4 Å². The van der Waals surface area contributed by atoms with Crippen LogP contribution in [0.1, 0.15) is 42.5 Å². The number of amides is 1. The average Bonchev–Trinajstić information content (AvgIpc) is 2.95. The molecule has 0 spiro atoms. The molecule has 4 rings (SSSR count). The van der Waals surface area contributed by atoms with E-state index in [0.29, 0.717) is 26.1 Å². The molecule has 0 atom stereocenters. The number of pyridine rings is 1. The van der Waals surface area contributed by atoms with Crippen LogP contribution in [0.3, 0.4) is 0 Å². The molecule has 5 nitrogen and oxygen atoms in total. The van der Waals surface area contributed by atoms with Gasteiger partial charge in [-0.1, -0.05) is 52.3 Å². The van der Waals surface area contributed by atoms with E-state index in [9.17, 15) is 4.79 Å². The first-order valence-corrected chi connectivity index (χ1v) is 14.0. The molecule has 0 bridgehead atoms. The fourth-order valence-corrected chi connectivity index (χ4v) is 4.57. The number of nitrogens with two attached hydrogens (primary N) is 1. The van der Waals surface area contributed by atoms with E-state index in [2.05, 4.69) is 98.6 Å². The third-order valence-electron chi connectivity index (χ3n) is 6.37. The first-order chi connectivity index (χ1) is 18.6. The molecule has 0 aliphatic rings. The molecule has 0 saturated carbocycles. The Morgan fingerprint density at radius 3 is 2.47 bits per heavy atom. The van der Waals surface area contributed by atoms with Crippen LogP contribution in [0.4, 0.5) is 0 Å². The van der Waals surface area contributed by atoms with Crippen molar-refractivity contribution in [3.63, 3.8) is 0 Å². The molecule has 1 aromatic heterocycles. The van der Waals surface area contributed by atoms with E-state index in [1.54, 1.807) is 0 Å². The fraction of sp³-hybridized carbons (Fsp3) is 0.250. The van der Waals surface area contributed by atoms with E-state index in [-0.39, 0.29) is 5.91 Å². The van der Waals surface area contributed by atoms with Gasteiger partial charge in [0.2, 0.25) is 17.1 Å². The summed E-state index contributed by atoms with van der Waals surface area (Å²) in [6.07, 6.45) is 7.75. The van der Waals surface area contributed by atoms with Crippen molar-refractivity contribution in [1.82, 2.24) is 5.32 Å². The van der Waals surface area contributed by atoms with Crippen LogP contribution in [0.2, 0.25) is 0 Å². The largest absolute Gasteiger partial charge is 0.489 e. The van der Waals surface area contributed by atoms with Crippen LogP contribution in [-0.2, 0) is 17.9 Å². The van der Waals surface area contributed by atoms with Gasteiger partial charge in [-0.05, 0) is 66.4 Å². The third-order valence-corrected chi connectivity index (χ3v) is 6.90. The number of fused-ring (bicyclic) bond motifs is 1. The number of hydrogen-bond acceptors (Lipinski definition) is 3. The third kappa shape index (κ3) is 8.27. The van der Waals surface area contributed by atoms with Gasteiger partial charge in [-0.2, -0.15) is 4.57 Å². The quantitative estimate of drug-likeness (QED) is 0.146. The first-order valence-electron chi connectivity index (χ1n) is 13.2. The number of rotatable bonds is 13. The van der Waals surface area contributed by atoms with E-state index in [0.717, 1.165) is 52.9 Å². The summed E-state index contributed by atoms with van der Waals surface area (Å²) < 4.78 is 9.38. The predicted molar refractivity (Wildman–Crippen MR) is 159 cm³/mol. The zero-order valence-corrected chi connectivity index (χ0v) is 23.2. The van der Waals surface area contributed by atoms with Crippen molar-refractivity contribution in [3.8, 4) is 5.75 Å². The van der Waals surface area contributed by atoms with Gasteiger partial charge in [0.15, 0.2) is 0 Å². The number of halogens is 1. The second-order valence-corrected chi connectivity index (χ2v) is 10.2. The highest BCUT2D eigenvalue weighted by molar-refractivity contribution is 9.10. The van der Waals surface area contributed by atoms with Crippen LogP contribution in [0, 0.1) is 0 Å². The lowest BCUT2D eigenvalue weighted by molar-refractivity contribution is -0.673. The van der Waals surface area contributed by atoms with Crippen molar-refractivity contribution in [2.45, 2.75) is 38.8 Å². The summed E-state index contributed by atoms with van der Waals surface area (Å²) in [5.74, 6) is 0.934. The molecule has 0 fully saturated rings. The van der Waals surface area contributed by atoms with Crippen molar-refractivity contribution in [2.24, 2.45) is 5.73 Å². The number of hydrogen-bond donors (Lipinski definition) is 2. The Balaban J connectivity index is 1.38. The molecule has 196 valence electrons. The van der Waals surface area contributed by atoms with E-state index in [1.807, 2.05) is 24.3 Å². The topological polar surface area (TPSA) is 68.2 Å². The molecule has 0 aliphatic carbocycles. The van der Waals surface area contributed by atoms with Crippen molar-refractivity contribution in [2.75, 3.05) is 13.1 Å². The number of aromatic nitrogens is 1. The van der Waals surface area contributed by atoms with Gasteiger partial charge < -0.3 is 15.8 Å². The van der Waals surface area contributed by atoms with Crippen LogP contribution in [-0.4, -0.2) is 19.0 Å². The molecule has 1 heterocycles. The maximum atomic E-state index is 11.8. The van der Waals surface area contributed by atoms with Gasteiger partial charge >= 0.3 is 0 Å². The number of unbranched alkanes of at least 4 members (excludes halogenated alkanes) is 2. The standard InChI is InChI=1S/C32H34BrN3O2/c33-28-15-9-26(10-16-28)24-38-30-19-12-25(13-20-30)11-17-29-18-14-27-6-3-4-7-31(27)36(29)23-5-1-2-8-32(37)35-22-21-34/h3-4,6-7,9-20H,1-2,5,8,21-24,34H2/p+1/b17-11+. The lowest BCUT2D eigenvalue weighted by atomic mass is 10.1. The SMILES string of the molecule is NCCNC(=O)CCCCC[n+]1c(/C=C/c2ccc(OCc3ccc(Br)cc3)cc2)ccc2ccccc21. The van der Waals surface area contributed by atoms with Crippen molar-refractivity contribution in [1.29, 1.82) is 0 Å². The Bertz CT molecular complexity index is 1350. The predicted octanol–water partition coefficient (Wildman–Crippen LogP) is 6.27. The van der Waals surface area contributed by atoms with Crippen LogP contribution < -0.4 is 20.4 Å². The minimum absolute atomic E-state index is 0.0848. The lowest BCUT2D eigenvalue weighted by Crippen LogP contribution is -2.38. The van der Waals surface area contributed by atoms with Gasteiger partial charge in [0.25, 0.3) is 0 Å². The number of nitrogens with one attached hydrogen (secondary N) is 1. The summed E-state index contributed by atoms with van der Waals surface area (Å²) in [7, 11) is 0. The molecule has 3 N–H and O–H groups in total. The summed E-state index contributed by atoms with van der Waals surface area (Å²) in [5, 5.41) is 4.06. The Kier molecular flexibility index (Phi) is 10.5. The van der Waals surface area contributed by atoms with E-state index < -0.39 is 0 Å². The zero-order chi connectivity index (χ0) is 26.6. The zero-order valence-electron chi connectivity index (χ0n) is 21.6. The monoisotopic (exact) mass is 572 g/mol. The smallest absolute Gasteiger partial charge is 0.220 e. The summed E-state index contributed by atoms with van der Waals surface area (Å²) in [6.45, 7) is 2.46. The van der Waals surface area contributed by atoms with Crippen molar-refractivity contribution >= 4 is 44.9 Å². The summed E-state index contributed by atoms with van der Waals surface area (Å²) in [4.78, 5) is 11.8. The van der Waals surface area contributed by atoms with Crippen molar-refractivity contribution in [3.05, 3.63) is 106 Å². The molecule has 3 aromatic carbocycles. The van der Waals surface area contributed by atoms with Gasteiger partial charge in [-0.25, -0.2) is 0 Å². The number of nitrogens with zero attached hydrogens (tertiary/aromatic N) is 1. The summed E-state index contributed by atoms with van der Waals surface area (Å²) in [5.41, 5.74) is 10.1. The van der Waals surface area contributed by atoms with Crippen LogP contribution >= 0.6 is 15.9 Å². The Hall–Kier alpha value is -3.48. The number of para-hydroxylation sites is 1. The van der Waals surface area contributed by atoms with Gasteiger partial charge in [0.1, 0.15) is 18.9 Å². The molecular weight excluding hydrogens is 538 g/mol. The highest BCUT2D eigenvalue weighted by atomic mass is 79.9. The number of benzene rings is 3. The molecule has 6 heteroatoms. The van der Waals surface area contributed by atoms with Gasteiger partial charge in [-0.3, -0.25) is 4.79 Å². The molecular formula is C32H35BrN3O2+. The maximum Gasteiger partial charge on any atom is 0.220 e. The van der Waals surface area contributed by atoms with Gasteiger partial charge in [0.05, 0.1) is 0 Å². The van der Waals surface area contributed by atoms with E-state index in [1.165, 1.54) is 10.9 Å². The minimum Gasteiger partial charge on any atom is -0.489 e. The van der Waals surface area contributed by atoms with Crippen LogP contribution in [0.25, 0.3) is 23.1 Å². The Morgan fingerprint density at radius 2 is 1.68 bits per heavy atom. The number of carbonyl (C=O) groups is 1.